The molecule has 0 atom stereocenters. The monoisotopic (exact) mass is 309 g/mol. The lowest BCUT2D eigenvalue weighted by molar-refractivity contribution is 0.0163. The number of aromatic nitrogens is 1. The second-order valence-corrected chi connectivity index (χ2v) is 6.79. The molecule has 0 unspecified atom stereocenters. The van der Waals surface area contributed by atoms with Gasteiger partial charge in [-0.15, -0.1) is 0 Å². The summed E-state index contributed by atoms with van der Waals surface area (Å²) in [7, 11) is 0. The summed E-state index contributed by atoms with van der Waals surface area (Å²) in [6, 6.07) is 2.97. The Bertz CT molecular complexity index is 534. The highest BCUT2D eigenvalue weighted by atomic mass is 19.1. The minimum Gasteiger partial charge on any atom is -0.444 e. The molecule has 122 valence electrons. The highest BCUT2D eigenvalue weighted by molar-refractivity contribution is 5.68. The Kier molecular flexibility index (Phi) is 4.70. The lowest BCUT2D eigenvalue weighted by atomic mass is 9.75. The fourth-order valence-electron chi connectivity index (χ4n) is 2.76. The van der Waals surface area contributed by atoms with Gasteiger partial charge < -0.3 is 15.4 Å². The summed E-state index contributed by atoms with van der Waals surface area (Å²) in [4.78, 5) is 17.9. The van der Waals surface area contributed by atoms with E-state index in [2.05, 4.69) is 4.98 Å². The molecule has 0 bridgehead atoms. The van der Waals surface area contributed by atoms with Crippen LogP contribution in [-0.4, -0.2) is 41.2 Å². The molecule has 1 aromatic heterocycles. The molecule has 2 heterocycles. The van der Waals surface area contributed by atoms with Gasteiger partial charge in [0.2, 0.25) is 0 Å². The third-order valence-electron chi connectivity index (χ3n) is 4.02. The van der Waals surface area contributed by atoms with Gasteiger partial charge in [0.15, 0.2) is 0 Å². The molecule has 1 aromatic rings. The van der Waals surface area contributed by atoms with Crippen LogP contribution < -0.4 is 5.73 Å². The molecule has 2 rings (SSSR count). The average molecular weight is 309 g/mol. The van der Waals surface area contributed by atoms with E-state index in [1.54, 1.807) is 17.2 Å². The van der Waals surface area contributed by atoms with E-state index in [0.717, 1.165) is 0 Å². The molecule has 1 saturated heterocycles. The highest BCUT2D eigenvalue weighted by Crippen LogP contribution is 2.35. The van der Waals surface area contributed by atoms with E-state index in [0.29, 0.717) is 38.2 Å². The van der Waals surface area contributed by atoms with Crippen molar-refractivity contribution in [3.05, 3.63) is 29.8 Å². The van der Waals surface area contributed by atoms with Crippen LogP contribution >= 0.6 is 0 Å². The molecule has 6 heteroatoms. The number of nitrogens with zero attached hydrogens (tertiary/aromatic N) is 2. The lowest BCUT2D eigenvalue weighted by Gasteiger charge is -2.41. The molecule has 0 saturated carbocycles. The van der Waals surface area contributed by atoms with Crippen LogP contribution in [0.2, 0.25) is 0 Å². The summed E-state index contributed by atoms with van der Waals surface area (Å²) in [5, 5.41) is 0. The number of piperidine rings is 1. The van der Waals surface area contributed by atoms with Gasteiger partial charge >= 0.3 is 6.09 Å². The summed E-state index contributed by atoms with van der Waals surface area (Å²) in [6.45, 7) is 6.79. The van der Waals surface area contributed by atoms with E-state index in [4.69, 9.17) is 10.5 Å². The van der Waals surface area contributed by atoms with Crippen molar-refractivity contribution in [1.82, 2.24) is 9.88 Å². The minimum absolute atomic E-state index is 0.309. The Balaban J connectivity index is 2.09. The summed E-state index contributed by atoms with van der Waals surface area (Å²) < 4.78 is 19.4. The molecule has 1 aliphatic heterocycles. The number of nitrogens with two attached hydrogens (primary N) is 1. The fraction of sp³-hybridized carbons (Fsp3) is 0.625. The topological polar surface area (TPSA) is 68.5 Å². The minimum atomic E-state index is -0.521. The van der Waals surface area contributed by atoms with E-state index in [1.165, 1.54) is 6.07 Å². The van der Waals surface area contributed by atoms with Crippen molar-refractivity contribution in [1.29, 1.82) is 0 Å². The molecule has 0 spiro atoms. The first-order valence-electron chi connectivity index (χ1n) is 7.56. The summed E-state index contributed by atoms with van der Waals surface area (Å²) in [6.07, 6.45) is 2.41. The van der Waals surface area contributed by atoms with Gasteiger partial charge in [-0.05, 0) is 45.7 Å². The van der Waals surface area contributed by atoms with Crippen molar-refractivity contribution < 1.29 is 13.9 Å². The number of likely N-dealkylation sites (tertiary alicyclic amines) is 1. The normalized spacial score (nSPS) is 18.1. The zero-order chi connectivity index (χ0) is 16.4. The van der Waals surface area contributed by atoms with Crippen LogP contribution in [0.25, 0.3) is 0 Å². The average Bonchev–Trinajstić information content (AvgIpc) is 2.46. The molecule has 0 aromatic carbocycles. The molecule has 22 heavy (non-hydrogen) atoms. The number of hydrogen-bond donors (Lipinski definition) is 1. The number of amides is 1. The zero-order valence-electron chi connectivity index (χ0n) is 13.4. The van der Waals surface area contributed by atoms with Gasteiger partial charge in [-0.1, -0.05) is 0 Å². The molecule has 1 amide bonds. The molecular formula is C16H24FN3O2. The van der Waals surface area contributed by atoms with Crippen LogP contribution in [0.5, 0.6) is 0 Å². The quantitative estimate of drug-likeness (QED) is 0.911. The molecule has 1 fully saturated rings. The predicted molar refractivity (Wildman–Crippen MR) is 82.0 cm³/mol. The van der Waals surface area contributed by atoms with Crippen LogP contribution in [0.3, 0.4) is 0 Å². The van der Waals surface area contributed by atoms with E-state index in [-0.39, 0.29) is 11.9 Å². The van der Waals surface area contributed by atoms with Crippen molar-refractivity contribution in [2.45, 2.75) is 44.6 Å². The van der Waals surface area contributed by atoms with Crippen molar-refractivity contribution in [2.24, 2.45) is 5.73 Å². The second kappa shape index (κ2) is 6.20. The number of pyridine rings is 1. The van der Waals surface area contributed by atoms with Crippen LogP contribution in [-0.2, 0) is 10.2 Å². The van der Waals surface area contributed by atoms with Crippen molar-refractivity contribution in [3.8, 4) is 0 Å². The van der Waals surface area contributed by atoms with Gasteiger partial charge in [0.25, 0.3) is 0 Å². The predicted octanol–water partition coefficient (Wildman–Crippen LogP) is 2.45. The van der Waals surface area contributed by atoms with Crippen LogP contribution in [0.1, 0.15) is 39.3 Å². The van der Waals surface area contributed by atoms with Crippen LogP contribution in [0, 0.1) is 5.82 Å². The Hall–Kier alpha value is -1.69. The largest absolute Gasteiger partial charge is 0.444 e. The lowest BCUT2D eigenvalue weighted by Crippen LogP contribution is -2.50. The number of halogens is 1. The Morgan fingerprint density at radius 1 is 1.45 bits per heavy atom. The number of hydrogen-bond acceptors (Lipinski definition) is 4. The first-order valence-corrected chi connectivity index (χ1v) is 7.56. The third kappa shape index (κ3) is 3.55. The standard InChI is InChI=1S/C16H24FN3O2/c1-15(2,3)22-14(21)20-9-6-16(11-18,7-10-20)13-12(17)5-4-8-19-13/h4-5,8H,6-7,9-11,18H2,1-3H3. The van der Waals surface area contributed by atoms with Gasteiger partial charge in [-0.3, -0.25) is 4.98 Å². The summed E-state index contributed by atoms with van der Waals surface area (Å²) >= 11 is 0. The maximum absolute atomic E-state index is 14.1. The molecule has 0 radical (unpaired) electrons. The number of carbonyl (C=O) groups is 1. The van der Waals surface area contributed by atoms with Gasteiger partial charge in [0, 0.05) is 31.2 Å². The Morgan fingerprint density at radius 2 is 2.09 bits per heavy atom. The number of rotatable bonds is 2. The highest BCUT2D eigenvalue weighted by Gasteiger charge is 2.40. The number of ether oxygens (including phenoxy) is 1. The molecule has 0 aliphatic carbocycles. The van der Waals surface area contributed by atoms with Gasteiger partial charge in [-0.25, -0.2) is 9.18 Å². The van der Waals surface area contributed by atoms with Crippen LogP contribution in [0.15, 0.2) is 18.3 Å². The van der Waals surface area contributed by atoms with Crippen molar-refractivity contribution in [2.75, 3.05) is 19.6 Å². The van der Waals surface area contributed by atoms with Crippen molar-refractivity contribution in [3.63, 3.8) is 0 Å². The Labute approximate surface area is 130 Å². The number of carbonyl (C=O) groups excluding carboxylic acids is 1. The summed E-state index contributed by atoms with van der Waals surface area (Å²) in [5.74, 6) is -0.335. The zero-order valence-corrected chi connectivity index (χ0v) is 13.4. The second-order valence-electron chi connectivity index (χ2n) is 6.79. The van der Waals surface area contributed by atoms with E-state index in [9.17, 15) is 9.18 Å². The first-order chi connectivity index (χ1) is 10.3. The molecule has 5 nitrogen and oxygen atoms in total. The van der Waals surface area contributed by atoms with E-state index < -0.39 is 11.0 Å². The first kappa shape index (κ1) is 16.7. The van der Waals surface area contributed by atoms with E-state index in [1.807, 2.05) is 20.8 Å². The molecular weight excluding hydrogens is 285 g/mol. The van der Waals surface area contributed by atoms with Gasteiger partial charge in [0.05, 0.1) is 5.69 Å². The van der Waals surface area contributed by atoms with E-state index >= 15 is 0 Å². The smallest absolute Gasteiger partial charge is 0.410 e. The van der Waals surface area contributed by atoms with Gasteiger partial charge in [-0.2, -0.15) is 0 Å². The molecule has 1 aliphatic rings. The fourth-order valence-corrected chi connectivity index (χ4v) is 2.76. The maximum atomic E-state index is 14.1. The third-order valence-corrected chi connectivity index (χ3v) is 4.02. The Morgan fingerprint density at radius 3 is 2.59 bits per heavy atom. The van der Waals surface area contributed by atoms with Crippen molar-refractivity contribution >= 4 is 6.09 Å². The summed E-state index contributed by atoms with van der Waals surface area (Å²) in [5.41, 5.74) is 5.29. The van der Waals surface area contributed by atoms with Gasteiger partial charge in [0.1, 0.15) is 11.4 Å². The SMILES string of the molecule is CC(C)(C)OC(=O)N1CCC(CN)(c2ncccc2F)CC1. The van der Waals surface area contributed by atoms with Crippen LogP contribution in [0.4, 0.5) is 9.18 Å². The molecule has 2 N–H and O–H groups in total. The maximum Gasteiger partial charge on any atom is 0.410 e.